The molecule has 8 heteroatoms. The summed E-state index contributed by atoms with van der Waals surface area (Å²) >= 11 is 5.85. The van der Waals surface area contributed by atoms with E-state index < -0.39 is 0 Å². The lowest BCUT2D eigenvalue weighted by Gasteiger charge is -2.17. The third-order valence-electron chi connectivity index (χ3n) is 4.81. The van der Waals surface area contributed by atoms with Crippen LogP contribution in [0.15, 0.2) is 70.4 Å². The van der Waals surface area contributed by atoms with Crippen LogP contribution < -0.4 is 10.6 Å². The number of benzene rings is 1. The molecular formula is C24H31ClIN5O. The Morgan fingerprint density at radius 1 is 1.06 bits per heavy atom. The molecule has 0 spiro atoms. The number of pyridine rings is 1. The van der Waals surface area contributed by atoms with Gasteiger partial charge in [-0.25, -0.2) is 9.98 Å². The Hall–Kier alpha value is -2.10. The minimum Gasteiger partial charge on any atom is -0.468 e. The average Bonchev–Trinajstić information content (AvgIpc) is 3.27. The summed E-state index contributed by atoms with van der Waals surface area (Å²) in [5.41, 5.74) is 3.62. The molecule has 172 valence electrons. The Balaban J connectivity index is 0.00000363. The number of nitrogens with zero attached hydrogens (tertiary/aromatic N) is 3. The van der Waals surface area contributed by atoms with E-state index in [0.29, 0.717) is 11.7 Å². The number of furan rings is 1. The number of aliphatic imine (C=N–C) groups is 1. The second-order valence-corrected chi connectivity index (χ2v) is 7.77. The zero-order valence-corrected chi connectivity index (χ0v) is 21.6. The van der Waals surface area contributed by atoms with Gasteiger partial charge in [0.25, 0.3) is 0 Å². The zero-order valence-electron chi connectivity index (χ0n) is 18.6. The van der Waals surface area contributed by atoms with Crippen LogP contribution in [0.4, 0.5) is 0 Å². The fourth-order valence-electron chi connectivity index (χ4n) is 3.27. The summed E-state index contributed by atoms with van der Waals surface area (Å²) in [6.45, 7) is 5.86. The molecule has 0 amide bonds. The van der Waals surface area contributed by atoms with Gasteiger partial charge in [0, 0.05) is 25.8 Å². The first-order chi connectivity index (χ1) is 15.1. The van der Waals surface area contributed by atoms with Gasteiger partial charge in [-0.2, -0.15) is 0 Å². The van der Waals surface area contributed by atoms with Gasteiger partial charge in [0.1, 0.15) is 10.9 Å². The third kappa shape index (κ3) is 8.80. The summed E-state index contributed by atoms with van der Waals surface area (Å²) in [7, 11) is 2.10. The van der Waals surface area contributed by atoms with Gasteiger partial charge in [0.15, 0.2) is 5.96 Å². The van der Waals surface area contributed by atoms with Crippen molar-refractivity contribution in [2.45, 2.75) is 33.0 Å². The fraction of sp³-hybridized carbons (Fsp3) is 0.333. The molecule has 0 unspecified atom stereocenters. The number of halogens is 2. The van der Waals surface area contributed by atoms with Gasteiger partial charge >= 0.3 is 0 Å². The number of aromatic nitrogens is 1. The number of hydrogen-bond donors (Lipinski definition) is 2. The molecule has 0 aliphatic carbocycles. The molecule has 1 aromatic carbocycles. The summed E-state index contributed by atoms with van der Waals surface area (Å²) < 4.78 is 5.46. The average molecular weight is 568 g/mol. The molecule has 0 aliphatic heterocycles. The van der Waals surface area contributed by atoms with E-state index in [0.717, 1.165) is 49.9 Å². The van der Waals surface area contributed by atoms with Crippen molar-refractivity contribution < 1.29 is 4.42 Å². The molecule has 0 atom stereocenters. The van der Waals surface area contributed by atoms with Crippen LogP contribution in [-0.2, 0) is 26.1 Å². The maximum Gasteiger partial charge on any atom is 0.191 e. The highest BCUT2D eigenvalue weighted by molar-refractivity contribution is 14.0. The van der Waals surface area contributed by atoms with Gasteiger partial charge in [0.2, 0.25) is 0 Å². The van der Waals surface area contributed by atoms with Crippen LogP contribution in [0.1, 0.15) is 29.4 Å². The van der Waals surface area contributed by atoms with Crippen LogP contribution in [0.3, 0.4) is 0 Å². The van der Waals surface area contributed by atoms with E-state index in [1.807, 2.05) is 30.5 Å². The number of guanidine groups is 1. The Bertz CT molecular complexity index is 947. The number of nitrogens with one attached hydrogen (secondary N) is 2. The number of hydrogen-bond acceptors (Lipinski definition) is 4. The summed E-state index contributed by atoms with van der Waals surface area (Å²) in [6.07, 6.45) is 4.37. The Morgan fingerprint density at radius 2 is 1.88 bits per heavy atom. The molecule has 2 heterocycles. The molecule has 2 aromatic heterocycles. The first-order valence-corrected chi connectivity index (χ1v) is 10.9. The van der Waals surface area contributed by atoms with Crippen molar-refractivity contribution in [1.29, 1.82) is 0 Å². The second kappa shape index (κ2) is 14.1. The molecule has 0 fully saturated rings. The van der Waals surface area contributed by atoms with Crippen molar-refractivity contribution in [2.24, 2.45) is 4.99 Å². The molecule has 6 nitrogen and oxygen atoms in total. The molecule has 0 saturated heterocycles. The molecule has 0 saturated carbocycles. The largest absolute Gasteiger partial charge is 0.468 e. The highest BCUT2D eigenvalue weighted by Crippen LogP contribution is 2.14. The monoisotopic (exact) mass is 567 g/mol. The molecule has 32 heavy (non-hydrogen) atoms. The van der Waals surface area contributed by atoms with Crippen molar-refractivity contribution >= 4 is 41.5 Å². The lowest BCUT2D eigenvalue weighted by molar-refractivity contribution is 0.287. The molecule has 2 N–H and O–H groups in total. The molecular weight excluding hydrogens is 537 g/mol. The third-order valence-corrected chi connectivity index (χ3v) is 5.03. The highest BCUT2D eigenvalue weighted by atomic mass is 127. The Morgan fingerprint density at radius 3 is 2.56 bits per heavy atom. The highest BCUT2D eigenvalue weighted by Gasteiger charge is 2.08. The predicted molar refractivity (Wildman–Crippen MR) is 142 cm³/mol. The van der Waals surface area contributed by atoms with Crippen molar-refractivity contribution in [2.75, 3.05) is 20.1 Å². The van der Waals surface area contributed by atoms with Crippen LogP contribution in [0, 0.1) is 0 Å². The van der Waals surface area contributed by atoms with Crippen molar-refractivity contribution in [1.82, 2.24) is 20.5 Å². The van der Waals surface area contributed by atoms with Crippen molar-refractivity contribution in [3.05, 3.63) is 88.6 Å². The minimum atomic E-state index is 0. The minimum absolute atomic E-state index is 0. The molecule has 3 rings (SSSR count). The fourth-order valence-corrected chi connectivity index (χ4v) is 3.38. The standard InChI is InChI=1S/C24H30ClN5O.HI/c1-3-26-24(27-13-12-19-10-11-23(25)28-15-19)29-16-20-7-4-5-8-21(20)17-30(2)18-22-9-6-14-31-22;/h4-11,14-15H,3,12-13,16-18H2,1-2H3,(H2,26,27,29);1H. The van der Waals surface area contributed by atoms with E-state index in [4.69, 9.17) is 21.0 Å². The summed E-state index contributed by atoms with van der Waals surface area (Å²) in [6, 6.07) is 16.2. The van der Waals surface area contributed by atoms with E-state index >= 15 is 0 Å². The van der Waals surface area contributed by atoms with Crippen LogP contribution in [-0.4, -0.2) is 36.0 Å². The normalized spacial score (nSPS) is 11.3. The summed E-state index contributed by atoms with van der Waals surface area (Å²) in [5.74, 6) is 1.77. The van der Waals surface area contributed by atoms with Gasteiger partial charge in [-0.15, -0.1) is 24.0 Å². The Labute approximate surface area is 212 Å². The van der Waals surface area contributed by atoms with Gasteiger partial charge < -0.3 is 15.1 Å². The maximum atomic E-state index is 5.85. The zero-order chi connectivity index (χ0) is 21.9. The smallest absolute Gasteiger partial charge is 0.191 e. The molecule has 3 aromatic rings. The van der Waals surface area contributed by atoms with Crippen LogP contribution in [0.2, 0.25) is 5.15 Å². The van der Waals surface area contributed by atoms with Crippen LogP contribution >= 0.6 is 35.6 Å². The van der Waals surface area contributed by atoms with E-state index in [2.05, 4.69) is 58.8 Å². The van der Waals surface area contributed by atoms with Gasteiger partial charge in [-0.1, -0.05) is 41.9 Å². The molecule has 0 aliphatic rings. The van der Waals surface area contributed by atoms with E-state index in [1.165, 1.54) is 11.1 Å². The Kier molecular flexibility index (Phi) is 11.5. The van der Waals surface area contributed by atoms with Crippen molar-refractivity contribution in [3.8, 4) is 0 Å². The van der Waals surface area contributed by atoms with E-state index in [1.54, 1.807) is 6.26 Å². The molecule has 0 bridgehead atoms. The quantitative estimate of drug-likeness (QED) is 0.158. The summed E-state index contributed by atoms with van der Waals surface area (Å²) in [5, 5.41) is 7.23. The second-order valence-electron chi connectivity index (χ2n) is 7.38. The lowest BCUT2D eigenvalue weighted by Crippen LogP contribution is -2.38. The number of rotatable bonds is 10. The predicted octanol–water partition coefficient (Wildman–Crippen LogP) is 4.88. The lowest BCUT2D eigenvalue weighted by atomic mass is 10.1. The SMILES string of the molecule is CCNC(=NCc1ccccc1CN(C)Cc1ccco1)NCCc1ccc(Cl)nc1.I. The maximum absolute atomic E-state index is 5.85. The first kappa shape index (κ1) is 26.2. The summed E-state index contributed by atoms with van der Waals surface area (Å²) in [4.78, 5) is 11.2. The first-order valence-electron chi connectivity index (χ1n) is 10.5. The van der Waals surface area contributed by atoms with Crippen LogP contribution in [0.25, 0.3) is 0 Å². The van der Waals surface area contributed by atoms with E-state index in [9.17, 15) is 0 Å². The topological polar surface area (TPSA) is 65.7 Å². The van der Waals surface area contributed by atoms with Gasteiger partial charge in [0.05, 0.1) is 19.4 Å². The van der Waals surface area contributed by atoms with Gasteiger partial charge in [-0.3, -0.25) is 4.90 Å². The molecule has 0 radical (unpaired) electrons. The van der Waals surface area contributed by atoms with E-state index in [-0.39, 0.29) is 24.0 Å². The van der Waals surface area contributed by atoms with Crippen LogP contribution in [0.5, 0.6) is 0 Å². The van der Waals surface area contributed by atoms with Gasteiger partial charge in [-0.05, 0) is 55.3 Å². The van der Waals surface area contributed by atoms with Crippen molar-refractivity contribution in [3.63, 3.8) is 0 Å².